The monoisotopic (exact) mass is 323 g/mol. The molecular weight excluding hydrogens is 298 g/mol. The van der Waals surface area contributed by atoms with Crippen molar-refractivity contribution in [3.63, 3.8) is 0 Å². The Hall–Kier alpha value is -2.08. The summed E-state index contributed by atoms with van der Waals surface area (Å²) in [5.74, 6) is -0.574. The molecule has 0 saturated heterocycles. The van der Waals surface area contributed by atoms with E-state index in [0.717, 1.165) is 12.0 Å². The van der Waals surface area contributed by atoms with Gasteiger partial charge in [-0.05, 0) is 32.8 Å². The molecule has 1 N–H and O–H groups in total. The highest BCUT2D eigenvalue weighted by molar-refractivity contribution is 5.81. The normalized spacial score (nSPS) is 12.3. The Kier molecular flexibility index (Phi) is 7.54. The van der Waals surface area contributed by atoms with Crippen molar-refractivity contribution in [1.82, 2.24) is 5.32 Å². The van der Waals surface area contributed by atoms with Gasteiger partial charge in [0, 0.05) is 0 Å². The molecule has 0 heterocycles. The van der Waals surface area contributed by atoms with Crippen molar-refractivity contribution in [3.05, 3.63) is 35.9 Å². The summed E-state index contributed by atoms with van der Waals surface area (Å²) in [5.41, 5.74) is 0.501. The fraction of sp³-hybridized carbons (Fsp3) is 0.529. The molecule has 0 aromatic heterocycles. The lowest BCUT2D eigenvalue weighted by atomic mass is 10.2. The molecule has 1 rings (SSSR count). The second kappa shape index (κ2) is 9.15. The van der Waals surface area contributed by atoms with Crippen molar-refractivity contribution in [2.24, 2.45) is 0 Å². The van der Waals surface area contributed by atoms with Crippen LogP contribution >= 0.6 is 0 Å². The molecule has 0 fully saturated rings. The minimum absolute atomic E-state index is 0.0265. The summed E-state index contributed by atoms with van der Waals surface area (Å²) in [6.07, 6.45) is 0.0424. The third kappa shape index (κ3) is 8.21. The molecule has 0 spiro atoms. The molecule has 6 nitrogen and oxygen atoms in total. The summed E-state index contributed by atoms with van der Waals surface area (Å²) >= 11 is 0. The van der Waals surface area contributed by atoms with E-state index in [1.165, 1.54) is 7.11 Å². The zero-order valence-electron chi connectivity index (χ0n) is 14.1. The molecule has 128 valence electrons. The fourth-order valence-electron chi connectivity index (χ4n) is 1.80. The van der Waals surface area contributed by atoms with Gasteiger partial charge in [-0.25, -0.2) is 9.59 Å². The number of alkyl carbamates (subject to hydrolysis) is 1. The Morgan fingerprint density at radius 2 is 1.83 bits per heavy atom. The summed E-state index contributed by atoms with van der Waals surface area (Å²) < 4.78 is 15.3. The first-order valence-corrected chi connectivity index (χ1v) is 7.51. The van der Waals surface area contributed by atoms with Gasteiger partial charge in [0.2, 0.25) is 0 Å². The van der Waals surface area contributed by atoms with Crippen LogP contribution in [0.1, 0.15) is 26.3 Å². The summed E-state index contributed by atoms with van der Waals surface area (Å²) in [6.45, 7) is 5.70. The van der Waals surface area contributed by atoms with E-state index in [9.17, 15) is 9.59 Å². The van der Waals surface area contributed by atoms with E-state index in [0.29, 0.717) is 6.61 Å². The van der Waals surface area contributed by atoms with E-state index in [2.05, 4.69) is 10.1 Å². The van der Waals surface area contributed by atoms with Gasteiger partial charge in [0.1, 0.15) is 5.60 Å². The van der Waals surface area contributed by atoms with Gasteiger partial charge in [-0.3, -0.25) is 0 Å². The largest absolute Gasteiger partial charge is 0.467 e. The standard InChI is InChI=1S/C17H25NO5/c1-17(2,3)23-16(20)18-14(15(19)21-4)12-22-11-10-13-8-6-5-7-9-13/h5-9,14H,10-12H2,1-4H3,(H,18,20). The molecule has 1 atom stereocenters. The van der Waals surface area contributed by atoms with E-state index in [4.69, 9.17) is 9.47 Å². The van der Waals surface area contributed by atoms with Crippen molar-refractivity contribution in [2.45, 2.75) is 38.8 Å². The SMILES string of the molecule is COC(=O)C(COCCc1ccccc1)NC(=O)OC(C)(C)C. The number of carbonyl (C=O) groups is 2. The summed E-state index contributed by atoms with van der Waals surface area (Å²) in [6, 6.07) is 8.96. The van der Waals surface area contributed by atoms with Gasteiger partial charge < -0.3 is 19.5 Å². The first kappa shape index (κ1) is 19.0. The Labute approximate surface area is 137 Å². The highest BCUT2D eigenvalue weighted by Crippen LogP contribution is 2.07. The van der Waals surface area contributed by atoms with Gasteiger partial charge in [0.25, 0.3) is 0 Å². The van der Waals surface area contributed by atoms with Crippen molar-refractivity contribution in [3.8, 4) is 0 Å². The topological polar surface area (TPSA) is 73.9 Å². The van der Waals surface area contributed by atoms with Crippen LogP contribution in [0.4, 0.5) is 4.79 Å². The quantitative estimate of drug-likeness (QED) is 0.616. The smallest absolute Gasteiger partial charge is 0.408 e. The van der Waals surface area contributed by atoms with Gasteiger partial charge in [0.15, 0.2) is 6.04 Å². The third-order valence-corrected chi connectivity index (χ3v) is 2.84. The number of esters is 1. The molecule has 1 aromatic carbocycles. The Morgan fingerprint density at radius 1 is 1.17 bits per heavy atom. The summed E-state index contributed by atoms with van der Waals surface area (Å²) in [5, 5.41) is 2.46. The lowest BCUT2D eigenvalue weighted by Gasteiger charge is -2.22. The number of carbonyl (C=O) groups excluding carboxylic acids is 2. The van der Waals surface area contributed by atoms with Crippen LogP contribution in [-0.4, -0.2) is 44.0 Å². The van der Waals surface area contributed by atoms with Crippen LogP contribution in [0.5, 0.6) is 0 Å². The summed E-state index contributed by atoms with van der Waals surface area (Å²) in [7, 11) is 1.26. The predicted molar refractivity (Wildman–Crippen MR) is 86.1 cm³/mol. The predicted octanol–water partition coefficient (Wildman–Crippen LogP) is 2.31. The summed E-state index contributed by atoms with van der Waals surface area (Å²) in [4.78, 5) is 23.5. The number of nitrogens with one attached hydrogen (secondary N) is 1. The third-order valence-electron chi connectivity index (χ3n) is 2.84. The first-order valence-electron chi connectivity index (χ1n) is 7.51. The Morgan fingerprint density at radius 3 is 2.39 bits per heavy atom. The highest BCUT2D eigenvalue weighted by atomic mass is 16.6. The molecule has 0 aliphatic carbocycles. The van der Waals surface area contributed by atoms with Crippen molar-refractivity contribution in [2.75, 3.05) is 20.3 Å². The molecular formula is C17H25NO5. The lowest BCUT2D eigenvalue weighted by Crippen LogP contribution is -2.46. The lowest BCUT2D eigenvalue weighted by molar-refractivity contribution is -0.144. The second-order valence-electron chi connectivity index (χ2n) is 6.03. The number of hydrogen-bond acceptors (Lipinski definition) is 5. The molecule has 0 aliphatic heterocycles. The van der Waals surface area contributed by atoms with Crippen molar-refractivity contribution in [1.29, 1.82) is 0 Å². The second-order valence-corrected chi connectivity index (χ2v) is 6.03. The first-order chi connectivity index (χ1) is 10.8. The average Bonchev–Trinajstić information content (AvgIpc) is 2.48. The number of ether oxygens (including phenoxy) is 3. The Bertz CT molecular complexity index is 495. The Balaban J connectivity index is 2.42. The van der Waals surface area contributed by atoms with E-state index in [-0.39, 0.29) is 6.61 Å². The van der Waals surface area contributed by atoms with E-state index in [1.54, 1.807) is 20.8 Å². The van der Waals surface area contributed by atoms with Crippen molar-refractivity contribution >= 4 is 12.1 Å². The minimum atomic E-state index is -0.898. The van der Waals surface area contributed by atoms with Gasteiger partial charge >= 0.3 is 12.1 Å². The molecule has 23 heavy (non-hydrogen) atoms. The number of hydrogen-bond donors (Lipinski definition) is 1. The molecule has 0 radical (unpaired) electrons. The van der Waals surface area contributed by atoms with Crippen LogP contribution in [0.2, 0.25) is 0 Å². The van der Waals surface area contributed by atoms with Crippen LogP contribution in [0.15, 0.2) is 30.3 Å². The van der Waals surface area contributed by atoms with Gasteiger partial charge in [-0.2, -0.15) is 0 Å². The van der Waals surface area contributed by atoms with Crippen molar-refractivity contribution < 1.29 is 23.8 Å². The average molecular weight is 323 g/mol. The number of rotatable bonds is 7. The van der Waals surface area contributed by atoms with Crippen LogP contribution in [0.25, 0.3) is 0 Å². The molecule has 6 heteroatoms. The zero-order chi connectivity index (χ0) is 17.3. The fourth-order valence-corrected chi connectivity index (χ4v) is 1.80. The van der Waals surface area contributed by atoms with Crippen LogP contribution in [0, 0.1) is 0 Å². The van der Waals surface area contributed by atoms with Crippen LogP contribution in [0.3, 0.4) is 0 Å². The van der Waals surface area contributed by atoms with Gasteiger partial charge in [-0.1, -0.05) is 30.3 Å². The maximum atomic E-state index is 11.7. The molecule has 0 saturated carbocycles. The van der Waals surface area contributed by atoms with Gasteiger partial charge in [0.05, 0.1) is 20.3 Å². The minimum Gasteiger partial charge on any atom is -0.467 e. The van der Waals surface area contributed by atoms with E-state index in [1.807, 2.05) is 30.3 Å². The maximum Gasteiger partial charge on any atom is 0.408 e. The number of benzene rings is 1. The van der Waals surface area contributed by atoms with Gasteiger partial charge in [-0.15, -0.1) is 0 Å². The van der Waals surface area contributed by atoms with E-state index < -0.39 is 23.7 Å². The number of methoxy groups -OCH3 is 1. The van der Waals surface area contributed by atoms with Crippen LogP contribution < -0.4 is 5.32 Å². The number of amides is 1. The van der Waals surface area contributed by atoms with E-state index >= 15 is 0 Å². The molecule has 0 bridgehead atoms. The van der Waals surface area contributed by atoms with Crippen LogP contribution in [-0.2, 0) is 25.4 Å². The molecule has 0 aliphatic rings. The molecule has 1 amide bonds. The highest BCUT2D eigenvalue weighted by Gasteiger charge is 2.25. The maximum absolute atomic E-state index is 11.7. The zero-order valence-corrected chi connectivity index (χ0v) is 14.1. The molecule has 1 unspecified atom stereocenters. The molecule has 1 aromatic rings.